The summed E-state index contributed by atoms with van der Waals surface area (Å²) in [5.41, 5.74) is -0.222. The van der Waals surface area contributed by atoms with Crippen molar-refractivity contribution in [3.05, 3.63) is 58.4 Å². The van der Waals surface area contributed by atoms with Gasteiger partial charge in [-0.3, -0.25) is 14.3 Å². The van der Waals surface area contributed by atoms with Crippen LogP contribution in [-0.2, 0) is 10.9 Å². The molecule has 0 aliphatic heterocycles. The first-order valence-corrected chi connectivity index (χ1v) is 9.73. The molecule has 1 aromatic carbocycles. The first-order valence-electron chi connectivity index (χ1n) is 8.17. The summed E-state index contributed by atoms with van der Waals surface area (Å²) in [5, 5.41) is 26.0. The number of aromatic nitrogens is 3. The van der Waals surface area contributed by atoms with Crippen LogP contribution in [0.1, 0.15) is 26.4 Å². The third kappa shape index (κ3) is 4.34. The number of rotatable bonds is 5. The highest BCUT2D eigenvalue weighted by Crippen LogP contribution is 2.28. The number of nitrogens with zero attached hydrogens (tertiary/aromatic N) is 3. The van der Waals surface area contributed by atoms with Crippen molar-refractivity contribution in [2.24, 2.45) is 0 Å². The summed E-state index contributed by atoms with van der Waals surface area (Å²) >= 11 is 6.09. The first-order chi connectivity index (χ1) is 14.2. The summed E-state index contributed by atoms with van der Waals surface area (Å²) < 4.78 is 24.4. The summed E-state index contributed by atoms with van der Waals surface area (Å²) in [6.07, 6.45) is 1.41. The molecular formula is C17H14ClN5O6S. The molecule has 3 rings (SSSR count). The first kappa shape index (κ1) is 21.1. The third-order valence-corrected chi connectivity index (χ3v) is 4.55. The van der Waals surface area contributed by atoms with E-state index in [9.17, 15) is 28.2 Å². The highest BCUT2D eigenvalue weighted by molar-refractivity contribution is 7.71. The van der Waals surface area contributed by atoms with Gasteiger partial charge in [-0.1, -0.05) is 11.6 Å². The number of nitrogens with one attached hydrogen (secondary N) is 2. The number of aryl methyl sites for hydroxylation is 1. The van der Waals surface area contributed by atoms with Crippen LogP contribution in [0.2, 0.25) is 5.02 Å². The maximum absolute atomic E-state index is 12.9. The fourth-order valence-corrected chi connectivity index (χ4v) is 3.15. The predicted octanol–water partition coefficient (Wildman–Crippen LogP) is 1.15. The number of anilines is 1. The predicted molar refractivity (Wildman–Crippen MR) is 107 cm³/mol. The Morgan fingerprint density at radius 3 is 2.57 bits per heavy atom. The fourth-order valence-electron chi connectivity index (χ4n) is 2.66. The van der Waals surface area contributed by atoms with Crippen molar-refractivity contribution in [1.29, 1.82) is 0 Å². The second-order valence-corrected chi connectivity index (χ2v) is 7.09. The molecular weight excluding hydrogens is 438 g/mol. The van der Waals surface area contributed by atoms with Gasteiger partial charge in [0.05, 0.1) is 16.3 Å². The van der Waals surface area contributed by atoms with Crippen LogP contribution in [0.15, 0.2) is 36.5 Å². The molecule has 30 heavy (non-hydrogen) atoms. The topological polar surface area (TPSA) is 164 Å². The van der Waals surface area contributed by atoms with E-state index in [1.54, 1.807) is 10.8 Å². The zero-order chi connectivity index (χ0) is 22.0. The van der Waals surface area contributed by atoms with Gasteiger partial charge in [-0.25, -0.2) is 18.1 Å². The number of hydrogen-bond donors (Lipinski definition) is 5. The Kier molecular flexibility index (Phi) is 5.89. The molecule has 0 radical (unpaired) electrons. The van der Waals surface area contributed by atoms with Crippen LogP contribution in [-0.4, -0.2) is 45.2 Å². The average Bonchev–Trinajstić information content (AvgIpc) is 3.05. The number of amides is 2. The number of carbonyl (C=O) groups excluding carboxylic acids is 2. The molecule has 0 atom stereocenters. The van der Waals surface area contributed by atoms with Crippen LogP contribution in [0.5, 0.6) is 11.6 Å². The second kappa shape index (κ2) is 8.39. The molecule has 0 fully saturated rings. The summed E-state index contributed by atoms with van der Waals surface area (Å²) in [6, 6.07) is 6.42. The van der Waals surface area contributed by atoms with Gasteiger partial charge in [0.1, 0.15) is 11.4 Å². The molecule has 2 aromatic heterocycles. The Hall–Kier alpha value is -3.64. The molecule has 13 heteroatoms. The molecule has 0 saturated carbocycles. The van der Waals surface area contributed by atoms with Gasteiger partial charge in [-0.2, -0.15) is 0 Å². The lowest BCUT2D eigenvalue weighted by Crippen LogP contribution is -2.25. The Labute approximate surface area is 176 Å². The van der Waals surface area contributed by atoms with Crippen molar-refractivity contribution in [2.75, 3.05) is 5.32 Å². The number of aromatic hydroxyl groups is 2. The van der Waals surface area contributed by atoms with E-state index >= 15 is 0 Å². The lowest BCUT2D eigenvalue weighted by atomic mass is 10.1. The number of benzene rings is 1. The van der Waals surface area contributed by atoms with E-state index in [1.807, 2.05) is 0 Å². The quantitative estimate of drug-likeness (QED) is 0.285. The fraction of sp³-hybridized carbons (Fsp3) is 0.0588. The normalized spacial score (nSPS) is 10.8. The minimum absolute atomic E-state index is 0.0495. The van der Waals surface area contributed by atoms with Crippen LogP contribution in [0, 0.1) is 6.92 Å². The SMILES string of the molecule is Cc1cc(O)cc(C(=O)N[SH](=O)=O)c1NC(=O)c1cc(O)nn1-c1ncccc1Cl. The molecule has 2 amide bonds. The van der Waals surface area contributed by atoms with E-state index in [0.717, 1.165) is 16.8 Å². The standard InChI is InChI=1S/C17H14ClN5O6S/c1-8-5-9(24)6-10(16(26)22-30(28)29)14(8)20-17(27)12-7-13(25)21-23(12)15-11(18)3-2-4-19-15/h2-7,24,30H,1H3,(H,20,27)(H,21,25)(H,22,26,28,29). The van der Waals surface area contributed by atoms with Gasteiger partial charge >= 0.3 is 0 Å². The number of phenolic OH excluding ortho intramolecular Hbond substituents is 1. The highest BCUT2D eigenvalue weighted by atomic mass is 35.5. The molecule has 0 bridgehead atoms. The number of hydrogen-bond acceptors (Lipinski definition) is 8. The van der Waals surface area contributed by atoms with Crippen LogP contribution in [0.25, 0.3) is 5.82 Å². The van der Waals surface area contributed by atoms with E-state index in [0.29, 0.717) is 0 Å². The Morgan fingerprint density at radius 1 is 1.17 bits per heavy atom. The summed E-state index contributed by atoms with van der Waals surface area (Å²) in [4.78, 5) is 29.1. The maximum atomic E-state index is 12.9. The molecule has 0 saturated heterocycles. The Balaban J connectivity index is 2.04. The van der Waals surface area contributed by atoms with Gasteiger partial charge in [-0.05, 0) is 36.8 Å². The van der Waals surface area contributed by atoms with E-state index < -0.39 is 28.6 Å². The number of carbonyl (C=O) groups is 2. The van der Waals surface area contributed by atoms with E-state index in [2.05, 4.69) is 15.4 Å². The summed E-state index contributed by atoms with van der Waals surface area (Å²) in [5.74, 6) is -2.57. The zero-order valence-electron chi connectivity index (χ0n) is 15.2. The van der Waals surface area contributed by atoms with Gasteiger partial charge in [0.15, 0.2) is 5.82 Å². The van der Waals surface area contributed by atoms with Crippen molar-refractivity contribution in [3.8, 4) is 17.4 Å². The van der Waals surface area contributed by atoms with Gasteiger partial charge in [-0.15, -0.1) is 5.10 Å². The smallest absolute Gasteiger partial charge is 0.274 e. The number of pyridine rings is 1. The largest absolute Gasteiger partial charge is 0.508 e. The lowest BCUT2D eigenvalue weighted by molar-refractivity contribution is 0.0983. The van der Waals surface area contributed by atoms with Crippen molar-refractivity contribution in [1.82, 2.24) is 19.5 Å². The van der Waals surface area contributed by atoms with Crippen molar-refractivity contribution >= 4 is 40.0 Å². The van der Waals surface area contributed by atoms with Gasteiger partial charge in [0.2, 0.25) is 16.8 Å². The monoisotopic (exact) mass is 451 g/mol. The Morgan fingerprint density at radius 2 is 1.90 bits per heavy atom. The molecule has 2 heterocycles. The molecule has 0 aliphatic carbocycles. The average molecular weight is 452 g/mol. The van der Waals surface area contributed by atoms with Crippen molar-refractivity contribution in [2.45, 2.75) is 6.92 Å². The molecule has 11 nitrogen and oxygen atoms in total. The van der Waals surface area contributed by atoms with E-state index in [-0.39, 0.29) is 39.1 Å². The van der Waals surface area contributed by atoms with Gasteiger partial charge in [0, 0.05) is 12.3 Å². The third-order valence-electron chi connectivity index (χ3n) is 3.87. The lowest BCUT2D eigenvalue weighted by Gasteiger charge is -2.14. The number of thiol groups is 1. The maximum Gasteiger partial charge on any atom is 0.274 e. The molecule has 0 aliphatic rings. The van der Waals surface area contributed by atoms with Crippen LogP contribution < -0.4 is 10.0 Å². The molecule has 3 aromatic rings. The van der Waals surface area contributed by atoms with Crippen LogP contribution in [0.4, 0.5) is 5.69 Å². The molecule has 0 unspecified atom stereocenters. The van der Waals surface area contributed by atoms with E-state index in [1.165, 1.54) is 25.3 Å². The zero-order valence-corrected chi connectivity index (χ0v) is 16.8. The van der Waals surface area contributed by atoms with Crippen LogP contribution >= 0.6 is 11.6 Å². The minimum atomic E-state index is -3.26. The van der Waals surface area contributed by atoms with Gasteiger partial charge < -0.3 is 15.5 Å². The molecule has 156 valence electrons. The summed E-state index contributed by atoms with van der Waals surface area (Å²) in [7, 11) is -3.26. The summed E-state index contributed by atoms with van der Waals surface area (Å²) in [6.45, 7) is 1.49. The molecule has 4 N–H and O–H groups in total. The highest BCUT2D eigenvalue weighted by Gasteiger charge is 2.23. The molecule has 0 spiro atoms. The van der Waals surface area contributed by atoms with E-state index in [4.69, 9.17) is 11.6 Å². The van der Waals surface area contributed by atoms with Gasteiger partial charge in [0.25, 0.3) is 11.8 Å². The van der Waals surface area contributed by atoms with Crippen molar-refractivity contribution < 1.29 is 28.2 Å². The van der Waals surface area contributed by atoms with Crippen LogP contribution in [0.3, 0.4) is 0 Å². The number of phenols is 1. The van der Waals surface area contributed by atoms with Crippen molar-refractivity contribution in [3.63, 3.8) is 0 Å². The number of halogens is 1. The Bertz CT molecular complexity index is 1230. The minimum Gasteiger partial charge on any atom is -0.508 e. The second-order valence-electron chi connectivity index (χ2n) is 5.95.